The summed E-state index contributed by atoms with van der Waals surface area (Å²) in [6.45, 7) is 11.1. The molecule has 0 bridgehead atoms. The van der Waals surface area contributed by atoms with Crippen molar-refractivity contribution in [2.75, 3.05) is 20.2 Å². The van der Waals surface area contributed by atoms with Crippen LogP contribution in [0.2, 0.25) is 0 Å². The Kier molecular flexibility index (Phi) is 7.30. The average molecular weight is 406 g/mol. The molecular weight excluding hydrogens is 370 g/mol. The van der Waals surface area contributed by atoms with Crippen LogP contribution >= 0.6 is 0 Å². The van der Waals surface area contributed by atoms with E-state index in [9.17, 15) is 9.59 Å². The molecule has 2 atom stereocenters. The number of hydrogen-bond donors (Lipinski definition) is 3. The second-order valence-corrected chi connectivity index (χ2v) is 9.15. The van der Waals surface area contributed by atoms with Crippen molar-refractivity contribution in [3.05, 3.63) is 34.9 Å². The third-order valence-corrected chi connectivity index (χ3v) is 5.35. The van der Waals surface area contributed by atoms with Crippen molar-refractivity contribution in [1.29, 1.82) is 0 Å². The summed E-state index contributed by atoms with van der Waals surface area (Å²) in [4.78, 5) is 23.4. The Hall–Kier alpha value is -2.12. The van der Waals surface area contributed by atoms with Crippen LogP contribution in [0, 0.1) is 0 Å². The monoisotopic (exact) mass is 405 g/mol. The number of primary amides is 1. The van der Waals surface area contributed by atoms with Crippen molar-refractivity contribution in [2.24, 2.45) is 5.73 Å². The largest absolute Gasteiger partial charge is 0.444 e. The van der Waals surface area contributed by atoms with E-state index >= 15 is 0 Å². The van der Waals surface area contributed by atoms with Crippen LogP contribution in [0.4, 0.5) is 4.79 Å². The lowest BCUT2D eigenvalue weighted by atomic mass is 9.67. The van der Waals surface area contributed by atoms with Gasteiger partial charge >= 0.3 is 6.09 Å². The number of methoxy groups -OCH3 is 1. The second kappa shape index (κ2) is 9.13. The van der Waals surface area contributed by atoms with Gasteiger partial charge in [-0.3, -0.25) is 4.79 Å². The molecule has 0 saturated carbocycles. The van der Waals surface area contributed by atoms with Gasteiger partial charge in [-0.25, -0.2) is 4.79 Å². The van der Waals surface area contributed by atoms with Gasteiger partial charge in [0.05, 0.1) is 6.10 Å². The summed E-state index contributed by atoms with van der Waals surface area (Å²) < 4.78 is 11.0. The van der Waals surface area contributed by atoms with Crippen LogP contribution in [-0.4, -0.2) is 49.9 Å². The molecule has 1 aromatic carbocycles. The predicted molar refractivity (Wildman–Crippen MR) is 113 cm³/mol. The third-order valence-electron chi connectivity index (χ3n) is 5.35. The van der Waals surface area contributed by atoms with Gasteiger partial charge in [-0.2, -0.15) is 0 Å². The molecule has 29 heavy (non-hydrogen) atoms. The molecule has 1 aliphatic carbocycles. The summed E-state index contributed by atoms with van der Waals surface area (Å²) in [6.07, 6.45) is 1.13. The van der Waals surface area contributed by atoms with Crippen molar-refractivity contribution in [3.63, 3.8) is 0 Å². The number of carbonyl (C=O) groups is 2. The normalized spacial score (nSPS) is 20.6. The molecule has 1 aliphatic rings. The molecule has 0 radical (unpaired) electrons. The van der Waals surface area contributed by atoms with Gasteiger partial charge in [0, 0.05) is 37.1 Å². The Balaban J connectivity index is 2.00. The van der Waals surface area contributed by atoms with Crippen LogP contribution in [0.1, 0.15) is 62.5 Å². The van der Waals surface area contributed by atoms with Crippen LogP contribution < -0.4 is 16.4 Å². The van der Waals surface area contributed by atoms with Gasteiger partial charge < -0.3 is 25.8 Å². The molecule has 0 unspecified atom stereocenters. The standard InChI is InChI=1S/C22H35N3O4/c1-21(2,3)29-20(27)25-11-7-10-24-18-17(28-6)13-14-8-9-15(19(23)26)12-16(14)22(18,4)5/h8-9,12,17-18,24H,7,10-11,13H2,1-6H3,(H2,23,26)(H,25,27)/t17-,18+/m0/s1. The highest BCUT2D eigenvalue weighted by atomic mass is 16.6. The number of ether oxygens (including phenoxy) is 2. The zero-order chi connectivity index (χ0) is 21.8. The van der Waals surface area contributed by atoms with E-state index in [1.807, 2.05) is 32.9 Å². The average Bonchev–Trinajstić information content (AvgIpc) is 2.60. The maximum atomic E-state index is 11.7. The number of carbonyl (C=O) groups excluding carboxylic acids is 2. The van der Waals surface area contributed by atoms with Gasteiger partial charge in [-0.1, -0.05) is 19.9 Å². The molecule has 2 amide bonds. The Morgan fingerprint density at radius 2 is 1.93 bits per heavy atom. The molecule has 0 heterocycles. The van der Waals surface area contributed by atoms with Gasteiger partial charge in [0.2, 0.25) is 5.91 Å². The Labute approximate surface area is 173 Å². The zero-order valence-electron chi connectivity index (χ0n) is 18.4. The predicted octanol–water partition coefficient (Wildman–Crippen LogP) is 2.51. The van der Waals surface area contributed by atoms with Crippen molar-refractivity contribution >= 4 is 12.0 Å². The summed E-state index contributed by atoms with van der Waals surface area (Å²) in [7, 11) is 1.72. The number of alkyl carbamates (subject to hydrolysis) is 1. The van der Waals surface area contributed by atoms with E-state index in [0.29, 0.717) is 18.7 Å². The summed E-state index contributed by atoms with van der Waals surface area (Å²) >= 11 is 0. The highest BCUT2D eigenvalue weighted by Crippen LogP contribution is 2.38. The molecule has 0 fully saturated rings. The fourth-order valence-electron chi connectivity index (χ4n) is 3.93. The number of nitrogens with two attached hydrogens (primary N) is 1. The topological polar surface area (TPSA) is 103 Å². The molecule has 0 saturated heterocycles. The van der Waals surface area contributed by atoms with E-state index in [1.54, 1.807) is 13.2 Å². The van der Waals surface area contributed by atoms with E-state index in [-0.39, 0.29) is 17.6 Å². The highest BCUT2D eigenvalue weighted by molar-refractivity contribution is 5.93. The fourth-order valence-corrected chi connectivity index (χ4v) is 3.93. The number of nitrogens with one attached hydrogen (secondary N) is 2. The summed E-state index contributed by atoms with van der Waals surface area (Å²) in [5, 5.41) is 6.37. The molecule has 4 N–H and O–H groups in total. The van der Waals surface area contributed by atoms with Gasteiger partial charge in [0.15, 0.2) is 0 Å². The minimum atomic E-state index is -0.503. The van der Waals surface area contributed by atoms with Crippen molar-refractivity contribution in [2.45, 2.75) is 70.6 Å². The Bertz CT molecular complexity index is 740. The van der Waals surface area contributed by atoms with Crippen molar-refractivity contribution in [1.82, 2.24) is 10.6 Å². The van der Waals surface area contributed by atoms with E-state index in [0.717, 1.165) is 18.4 Å². The summed E-state index contributed by atoms with van der Waals surface area (Å²) in [5.41, 5.74) is 7.54. The van der Waals surface area contributed by atoms with Crippen LogP contribution in [0.25, 0.3) is 0 Å². The first-order valence-corrected chi connectivity index (χ1v) is 10.1. The summed E-state index contributed by atoms with van der Waals surface area (Å²) in [6, 6.07) is 5.72. The molecule has 0 spiro atoms. The lowest BCUT2D eigenvalue weighted by molar-refractivity contribution is 0.0353. The van der Waals surface area contributed by atoms with Gasteiger partial charge in [0.1, 0.15) is 5.60 Å². The maximum absolute atomic E-state index is 11.7. The number of amides is 2. The lowest BCUT2D eigenvalue weighted by Gasteiger charge is -2.45. The van der Waals surface area contributed by atoms with E-state index in [2.05, 4.69) is 24.5 Å². The van der Waals surface area contributed by atoms with E-state index in [1.165, 1.54) is 5.56 Å². The lowest BCUT2D eigenvalue weighted by Crippen LogP contribution is -2.57. The first kappa shape index (κ1) is 23.2. The molecule has 0 aliphatic heterocycles. The minimum absolute atomic E-state index is 0.00995. The van der Waals surface area contributed by atoms with Gasteiger partial charge in [-0.15, -0.1) is 0 Å². The Morgan fingerprint density at radius 1 is 1.24 bits per heavy atom. The first-order chi connectivity index (χ1) is 13.5. The SMILES string of the molecule is CO[C@H]1Cc2ccc(C(N)=O)cc2C(C)(C)[C@@H]1NCCCNC(=O)OC(C)(C)C. The molecule has 162 valence electrons. The second-order valence-electron chi connectivity index (χ2n) is 9.15. The maximum Gasteiger partial charge on any atom is 0.407 e. The van der Waals surface area contributed by atoms with Crippen LogP contribution in [0.5, 0.6) is 0 Å². The quantitative estimate of drug-likeness (QED) is 0.605. The summed E-state index contributed by atoms with van der Waals surface area (Å²) in [5.74, 6) is -0.421. The fraction of sp³-hybridized carbons (Fsp3) is 0.636. The smallest absolute Gasteiger partial charge is 0.407 e. The molecule has 1 aromatic rings. The zero-order valence-corrected chi connectivity index (χ0v) is 18.4. The third kappa shape index (κ3) is 5.93. The van der Waals surface area contributed by atoms with Crippen LogP contribution in [0.3, 0.4) is 0 Å². The van der Waals surface area contributed by atoms with Crippen molar-refractivity contribution < 1.29 is 19.1 Å². The minimum Gasteiger partial charge on any atom is -0.444 e. The Morgan fingerprint density at radius 3 is 2.52 bits per heavy atom. The number of rotatable bonds is 7. The van der Waals surface area contributed by atoms with E-state index < -0.39 is 17.6 Å². The molecule has 7 nitrogen and oxygen atoms in total. The molecule has 2 rings (SSSR count). The van der Waals surface area contributed by atoms with Crippen molar-refractivity contribution in [3.8, 4) is 0 Å². The van der Waals surface area contributed by atoms with Crippen LogP contribution in [-0.2, 0) is 21.3 Å². The molecule has 0 aromatic heterocycles. The van der Waals surface area contributed by atoms with E-state index in [4.69, 9.17) is 15.2 Å². The van der Waals surface area contributed by atoms with Crippen LogP contribution in [0.15, 0.2) is 18.2 Å². The number of hydrogen-bond acceptors (Lipinski definition) is 5. The number of benzene rings is 1. The number of fused-ring (bicyclic) bond motifs is 1. The molecular formula is C22H35N3O4. The highest BCUT2D eigenvalue weighted by Gasteiger charge is 2.42. The first-order valence-electron chi connectivity index (χ1n) is 10.1. The molecule has 7 heteroatoms. The van der Waals surface area contributed by atoms with Gasteiger partial charge in [0.25, 0.3) is 0 Å². The van der Waals surface area contributed by atoms with Gasteiger partial charge in [-0.05, 0) is 57.0 Å².